The number of nitrogens with zero attached hydrogens (tertiary/aromatic N) is 4. The second-order valence-corrected chi connectivity index (χ2v) is 7.22. The van der Waals surface area contributed by atoms with E-state index in [1.54, 1.807) is 19.2 Å². The summed E-state index contributed by atoms with van der Waals surface area (Å²) in [4.78, 5) is 17.1. The Morgan fingerprint density at radius 2 is 1.80 bits per heavy atom. The molecule has 3 aromatic carbocycles. The number of fused-ring (bicyclic) bond motifs is 1. The lowest BCUT2D eigenvalue weighted by Gasteiger charge is -2.05. The van der Waals surface area contributed by atoms with E-state index in [-0.39, 0.29) is 11.5 Å². The number of benzene rings is 3. The number of azo groups is 1. The lowest BCUT2D eigenvalue weighted by molar-refractivity contribution is 0.831. The standard InChI is InChI=1S/C24H19ClN4O/c1-29-23(30)20-12-5-6-13-22(20)26-24(29)28-27-21(18-9-3-2-4-10-18)15-14-17-8-7-11-19(25)16-17/h2-13,15-16H,14H2,1H3/b21-15-,28-27?. The van der Waals surface area contributed by atoms with Crippen molar-refractivity contribution in [2.45, 2.75) is 6.42 Å². The third-order valence-electron chi connectivity index (χ3n) is 4.70. The minimum Gasteiger partial charge on any atom is -0.278 e. The van der Waals surface area contributed by atoms with Crippen LogP contribution in [-0.4, -0.2) is 9.55 Å². The Morgan fingerprint density at radius 3 is 2.60 bits per heavy atom. The van der Waals surface area contributed by atoms with E-state index in [0.717, 1.165) is 11.1 Å². The van der Waals surface area contributed by atoms with Crippen molar-refractivity contribution in [1.29, 1.82) is 0 Å². The summed E-state index contributed by atoms with van der Waals surface area (Å²) in [5.74, 6) is 0.253. The van der Waals surface area contributed by atoms with Gasteiger partial charge in [0.2, 0.25) is 0 Å². The van der Waals surface area contributed by atoms with Gasteiger partial charge in [-0.25, -0.2) is 4.98 Å². The second-order valence-electron chi connectivity index (χ2n) is 6.78. The van der Waals surface area contributed by atoms with Gasteiger partial charge in [-0.05, 0) is 36.2 Å². The quantitative estimate of drug-likeness (QED) is 0.378. The molecule has 0 saturated carbocycles. The second kappa shape index (κ2) is 8.84. The van der Waals surface area contributed by atoms with Crippen LogP contribution in [0, 0.1) is 0 Å². The molecule has 30 heavy (non-hydrogen) atoms. The van der Waals surface area contributed by atoms with E-state index in [2.05, 4.69) is 15.2 Å². The van der Waals surface area contributed by atoms with Crippen LogP contribution in [0.3, 0.4) is 0 Å². The summed E-state index contributed by atoms with van der Waals surface area (Å²) in [6.07, 6.45) is 2.64. The van der Waals surface area contributed by atoms with Crippen LogP contribution in [0.5, 0.6) is 0 Å². The highest BCUT2D eigenvalue weighted by molar-refractivity contribution is 6.30. The third-order valence-corrected chi connectivity index (χ3v) is 4.93. The molecule has 6 heteroatoms. The van der Waals surface area contributed by atoms with Crippen molar-refractivity contribution in [2.24, 2.45) is 17.3 Å². The maximum atomic E-state index is 12.6. The molecule has 0 amide bonds. The van der Waals surface area contributed by atoms with Gasteiger partial charge in [-0.1, -0.05) is 72.3 Å². The van der Waals surface area contributed by atoms with Gasteiger partial charge >= 0.3 is 0 Å². The first-order valence-corrected chi connectivity index (χ1v) is 9.87. The number of aromatic nitrogens is 2. The van der Waals surface area contributed by atoms with Crippen molar-refractivity contribution in [3.8, 4) is 0 Å². The first-order valence-electron chi connectivity index (χ1n) is 9.49. The van der Waals surface area contributed by atoms with Crippen molar-refractivity contribution in [2.75, 3.05) is 0 Å². The van der Waals surface area contributed by atoms with Crippen LogP contribution in [-0.2, 0) is 13.5 Å². The molecule has 0 spiro atoms. The SMILES string of the molecule is Cn1c(N=N/C(=C\Cc2cccc(Cl)c2)c2ccccc2)nc2ccccc2c1=O. The van der Waals surface area contributed by atoms with Crippen LogP contribution in [0.4, 0.5) is 5.95 Å². The number of hydrogen-bond donors (Lipinski definition) is 0. The molecule has 0 atom stereocenters. The summed E-state index contributed by atoms with van der Waals surface area (Å²) in [5.41, 5.74) is 3.13. The van der Waals surface area contributed by atoms with E-state index in [4.69, 9.17) is 11.6 Å². The van der Waals surface area contributed by atoms with Gasteiger partial charge in [0, 0.05) is 17.6 Å². The molecule has 0 fully saturated rings. The highest BCUT2D eigenvalue weighted by atomic mass is 35.5. The minimum atomic E-state index is -0.154. The number of allylic oxidation sites excluding steroid dienone is 1. The van der Waals surface area contributed by atoms with Gasteiger partial charge in [0.1, 0.15) is 0 Å². The Balaban J connectivity index is 1.73. The molecule has 0 aliphatic heterocycles. The van der Waals surface area contributed by atoms with Crippen LogP contribution < -0.4 is 5.56 Å². The average Bonchev–Trinajstić information content (AvgIpc) is 2.77. The lowest BCUT2D eigenvalue weighted by Crippen LogP contribution is -2.17. The fourth-order valence-corrected chi connectivity index (χ4v) is 3.31. The van der Waals surface area contributed by atoms with Crippen molar-refractivity contribution in [3.05, 3.63) is 111 Å². The molecule has 4 rings (SSSR count). The summed E-state index contributed by atoms with van der Waals surface area (Å²) in [5, 5.41) is 10.00. The highest BCUT2D eigenvalue weighted by Gasteiger charge is 2.08. The molecule has 1 heterocycles. The molecule has 0 saturated heterocycles. The number of para-hydroxylation sites is 1. The molecule has 0 aliphatic carbocycles. The van der Waals surface area contributed by atoms with E-state index in [1.165, 1.54) is 4.57 Å². The minimum absolute atomic E-state index is 0.154. The predicted molar refractivity (Wildman–Crippen MR) is 121 cm³/mol. The monoisotopic (exact) mass is 414 g/mol. The zero-order valence-electron chi connectivity index (χ0n) is 16.4. The molecule has 1 aromatic heterocycles. The first-order chi connectivity index (χ1) is 14.6. The summed E-state index contributed by atoms with van der Waals surface area (Å²) in [7, 11) is 1.65. The van der Waals surface area contributed by atoms with E-state index >= 15 is 0 Å². The van der Waals surface area contributed by atoms with Gasteiger partial charge in [0.15, 0.2) is 0 Å². The third kappa shape index (κ3) is 4.36. The number of halogens is 1. The Hall–Kier alpha value is -3.57. The van der Waals surface area contributed by atoms with Gasteiger partial charge in [0.25, 0.3) is 11.5 Å². The Kier molecular flexibility index (Phi) is 5.82. The van der Waals surface area contributed by atoms with Crippen molar-refractivity contribution < 1.29 is 0 Å². The maximum absolute atomic E-state index is 12.6. The first kappa shape index (κ1) is 19.7. The average molecular weight is 415 g/mol. The fraction of sp³-hybridized carbons (Fsp3) is 0.0833. The van der Waals surface area contributed by atoms with Crippen LogP contribution >= 0.6 is 11.6 Å². The molecule has 0 aliphatic rings. The smallest absolute Gasteiger partial charge is 0.262 e. The van der Waals surface area contributed by atoms with Gasteiger partial charge in [-0.2, -0.15) is 0 Å². The molecule has 0 radical (unpaired) electrons. The molecule has 0 unspecified atom stereocenters. The van der Waals surface area contributed by atoms with Crippen molar-refractivity contribution in [3.63, 3.8) is 0 Å². The van der Waals surface area contributed by atoms with Crippen LogP contribution in [0.25, 0.3) is 16.6 Å². The van der Waals surface area contributed by atoms with E-state index in [0.29, 0.717) is 28.0 Å². The summed E-state index contributed by atoms with van der Waals surface area (Å²) in [6.45, 7) is 0. The van der Waals surface area contributed by atoms with Gasteiger partial charge in [-0.3, -0.25) is 9.36 Å². The molecule has 5 nitrogen and oxygen atoms in total. The molecular weight excluding hydrogens is 396 g/mol. The van der Waals surface area contributed by atoms with E-state index in [1.807, 2.05) is 72.8 Å². The Labute approximate surface area is 179 Å². The van der Waals surface area contributed by atoms with E-state index in [9.17, 15) is 4.79 Å². The largest absolute Gasteiger partial charge is 0.278 e. The maximum Gasteiger partial charge on any atom is 0.262 e. The zero-order valence-corrected chi connectivity index (χ0v) is 17.1. The molecule has 0 N–H and O–H groups in total. The van der Waals surface area contributed by atoms with Gasteiger partial charge < -0.3 is 0 Å². The predicted octanol–water partition coefficient (Wildman–Crippen LogP) is 5.95. The molecule has 0 bridgehead atoms. The number of hydrogen-bond acceptors (Lipinski definition) is 4. The molecule has 148 valence electrons. The molecule has 4 aromatic rings. The van der Waals surface area contributed by atoms with Gasteiger partial charge in [0.05, 0.1) is 16.6 Å². The van der Waals surface area contributed by atoms with E-state index < -0.39 is 0 Å². The van der Waals surface area contributed by atoms with Crippen molar-refractivity contribution in [1.82, 2.24) is 9.55 Å². The van der Waals surface area contributed by atoms with Crippen LogP contribution in [0.2, 0.25) is 5.02 Å². The van der Waals surface area contributed by atoms with Crippen LogP contribution in [0.15, 0.2) is 100.0 Å². The van der Waals surface area contributed by atoms with Crippen LogP contribution in [0.1, 0.15) is 11.1 Å². The molecular formula is C24H19ClN4O. The summed E-state index contributed by atoms with van der Waals surface area (Å²) in [6, 6.07) is 24.7. The fourth-order valence-electron chi connectivity index (χ4n) is 3.10. The zero-order chi connectivity index (χ0) is 20.9. The summed E-state index contributed by atoms with van der Waals surface area (Å²) >= 11 is 6.10. The highest BCUT2D eigenvalue weighted by Crippen LogP contribution is 2.21. The Bertz CT molecular complexity index is 1310. The Morgan fingerprint density at radius 1 is 1.03 bits per heavy atom. The van der Waals surface area contributed by atoms with Crippen molar-refractivity contribution >= 4 is 34.1 Å². The van der Waals surface area contributed by atoms with Gasteiger partial charge in [-0.15, -0.1) is 10.2 Å². The lowest BCUT2D eigenvalue weighted by atomic mass is 10.1. The topological polar surface area (TPSA) is 59.6 Å². The summed E-state index contributed by atoms with van der Waals surface area (Å²) < 4.78 is 1.41. The number of rotatable bonds is 5. The normalized spacial score (nSPS) is 12.0.